The highest BCUT2D eigenvalue weighted by Gasteiger charge is 2.27. The van der Waals surface area contributed by atoms with Crippen LogP contribution in [0.2, 0.25) is 0 Å². The number of aromatic amines is 1. The normalized spacial score (nSPS) is 16.6. The first-order valence-electron chi connectivity index (χ1n) is 16.7. The van der Waals surface area contributed by atoms with Gasteiger partial charge in [0.15, 0.2) is 0 Å². The van der Waals surface area contributed by atoms with Crippen molar-refractivity contribution in [3.63, 3.8) is 0 Å². The average molecular weight is 643 g/mol. The lowest BCUT2D eigenvalue weighted by atomic mass is 9.84. The molecule has 244 valence electrons. The first kappa shape index (κ1) is 30.5. The number of fused-ring (bicyclic) bond motifs is 2. The van der Waals surface area contributed by atoms with Gasteiger partial charge in [0.2, 0.25) is 5.95 Å². The van der Waals surface area contributed by atoms with Gasteiger partial charge in [0.1, 0.15) is 11.5 Å². The van der Waals surface area contributed by atoms with E-state index in [4.69, 9.17) is 5.73 Å². The van der Waals surface area contributed by atoms with Crippen LogP contribution in [-0.2, 0) is 13.2 Å². The van der Waals surface area contributed by atoms with E-state index in [1.165, 1.54) is 29.0 Å². The molecule has 0 atom stereocenters. The lowest BCUT2D eigenvalue weighted by Crippen LogP contribution is -2.39. The zero-order valence-corrected chi connectivity index (χ0v) is 27.3. The minimum absolute atomic E-state index is 0.0333. The molecule has 1 saturated heterocycles. The summed E-state index contributed by atoms with van der Waals surface area (Å²) >= 11 is 0. The SMILES string of the molecule is CC1(C)CCCN(Cc2ccc(-c3cc4c(-c5cccc(-n6ccc7cc(C8CC8)cc(F)c7c6=O)c5CO)nc(N)nc4[nH]3)cc2)C1. The quantitative estimate of drug-likeness (QED) is 0.168. The van der Waals surface area contributed by atoms with Crippen LogP contribution in [-0.4, -0.2) is 42.6 Å². The maximum absolute atomic E-state index is 15.3. The van der Waals surface area contributed by atoms with E-state index in [0.29, 0.717) is 44.9 Å². The number of aromatic nitrogens is 4. The second-order valence-electron chi connectivity index (χ2n) is 14.2. The fraction of sp³-hybridized carbons (Fsp3) is 0.308. The van der Waals surface area contributed by atoms with E-state index in [-0.39, 0.29) is 17.9 Å². The van der Waals surface area contributed by atoms with Gasteiger partial charge in [0.05, 0.1) is 23.4 Å². The zero-order chi connectivity index (χ0) is 33.2. The Labute approximate surface area is 278 Å². The Hall–Kier alpha value is -4.86. The van der Waals surface area contributed by atoms with Crippen molar-refractivity contribution in [2.24, 2.45) is 5.41 Å². The number of likely N-dealkylation sites (tertiary alicyclic amines) is 1. The highest BCUT2D eigenvalue weighted by molar-refractivity contribution is 5.96. The third-order valence-electron chi connectivity index (χ3n) is 10.0. The number of H-pyrrole nitrogens is 1. The molecule has 0 spiro atoms. The second-order valence-corrected chi connectivity index (χ2v) is 14.2. The van der Waals surface area contributed by atoms with Gasteiger partial charge in [-0.25, -0.2) is 9.37 Å². The molecule has 2 aliphatic rings. The fourth-order valence-corrected chi connectivity index (χ4v) is 7.50. The molecular weight excluding hydrogens is 603 g/mol. The van der Waals surface area contributed by atoms with Crippen LogP contribution >= 0.6 is 0 Å². The summed E-state index contributed by atoms with van der Waals surface area (Å²) in [5, 5.41) is 12.0. The molecule has 9 heteroatoms. The van der Waals surface area contributed by atoms with Crippen LogP contribution in [0, 0.1) is 11.2 Å². The molecule has 0 amide bonds. The Balaban J connectivity index is 1.16. The monoisotopic (exact) mass is 642 g/mol. The standard InChI is InChI=1S/C39H39FN6O2/c1-39(2)14-4-15-45(22-39)20-23-7-9-25(10-8-23)32-19-29-35(43-38(41)44-36(29)42-32)28-5-3-6-33(30(28)21-47)46-16-13-26-17-27(24-11-12-24)18-31(40)34(26)37(46)48/h3,5-10,13,16-19,24,47H,4,11-12,14-15,20-22H2,1-2H3,(H3,41,42,43,44). The summed E-state index contributed by atoms with van der Waals surface area (Å²) in [7, 11) is 0. The number of hydrogen-bond donors (Lipinski definition) is 3. The minimum atomic E-state index is -0.524. The third-order valence-corrected chi connectivity index (χ3v) is 10.0. The van der Waals surface area contributed by atoms with Crippen LogP contribution in [0.1, 0.15) is 62.1 Å². The van der Waals surface area contributed by atoms with Crippen LogP contribution in [0.4, 0.5) is 10.3 Å². The number of piperidine rings is 1. The molecule has 3 aromatic heterocycles. The minimum Gasteiger partial charge on any atom is -0.392 e. The number of benzene rings is 3. The molecule has 3 aromatic carbocycles. The van der Waals surface area contributed by atoms with Crippen molar-refractivity contribution < 1.29 is 9.50 Å². The Morgan fingerprint density at radius 1 is 1.06 bits per heavy atom. The number of nitrogens with zero attached hydrogens (tertiary/aromatic N) is 4. The maximum atomic E-state index is 15.3. The van der Waals surface area contributed by atoms with E-state index in [0.717, 1.165) is 54.7 Å². The summed E-state index contributed by atoms with van der Waals surface area (Å²) in [6, 6.07) is 21.1. The van der Waals surface area contributed by atoms with Crippen molar-refractivity contribution in [1.82, 2.24) is 24.4 Å². The Bertz CT molecular complexity index is 2250. The number of nitrogens with one attached hydrogen (secondary N) is 1. The van der Waals surface area contributed by atoms with Crippen LogP contribution in [0.25, 0.3) is 50.0 Å². The summed E-state index contributed by atoms with van der Waals surface area (Å²) in [6.07, 6.45) is 6.23. The predicted molar refractivity (Wildman–Crippen MR) is 188 cm³/mol. The molecule has 0 radical (unpaired) electrons. The van der Waals surface area contributed by atoms with Gasteiger partial charge in [-0.05, 0) is 89.9 Å². The van der Waals surface area contributed by atoms with Crippen LogP contribution in [0.3, 0.4) is 0 Å². The number of aliphatic hydroxyl groups is 1. The summed E-state index contributed by atoms with van der Waals surface area (Å²) in [6.45, 7) is 7.46. The molecule has 1 saturated carbocycles. The van der Waals surface area contributed by atoms with Crippen molar-refractivity contribution in [1.29, 1.82) is 0 Å². The fourth-order valence-electron chi connectivity index (χ4n) is 7.50. The van der Waals surface area contributed by atoms with Crippen LogP contribution < -0.4 is 11.3 Å². The lowest BCUT2D eigenvalue weighted by molar-refractivity contribution is 0.112. The summed E-state index contributed by atoms with van der Waals surface area (Å²) < 4.78 is 16.7. The molecule has 0 bridgehead atoms. The summed E-state index contributed by atoms with van der Waals surface area (Å²) in [5.41, 5.74) is 12.8. The Morgan fingerprint density at radius 3 is 2.62 bits per heavy atom. The van der Waals surface area contributed by atoms with Gasteiger partial charge in [0, 0.05) is 41.5 Å². The lowest BCUT2D eigenvalue weighted by Gasteiger charge is -2.38. The van der Waals surface area contributed by atoms with Crippen LogP contribution in [0.15, 0.2) is 77.7 Å². The topological polar surface area (TPSA) is 113 Å². The number of halogens is 1. The van der Waals surface area contributed by atoms with Gasteiger partial charge in [-0.15, -0.1) is 0 Å². The molecule has 6 aromatic rings. The average Bonchev–Trinajstić information content (AvgIpc) is 3.83. The third kappa shape index (κ3) is 5.56. The molecular formula is C39H39FN6O2. The number of pyridine rings is 1. The molecule has 1 aliphatic heterocycles. The van der Waals surface area contributed by atoms with E-state index in [9.17, 15) is 9.90 Å². The van der Waals surface area contributed by atoms with Crippen molar-refractivity contribution >= 4 is 27.8 Å². The second kappa shape index (κ2) is 11.7. The smallest absolute Gasteiger partial charge is 0.265 e. The molecule has 8 nitrogen and oxygen atoms in total. The van der Waals surface area contributed by atoms with Gasteiger partial charge in [0.25, 0.3) is 5.56 Å². The van der Waals surface area contributed by atoms with Crippen molar-refractivity contribution in [3.05, 3.63) is 106 Å². The number of rotatable bonds is 7. The van der Waals surface area contributed by atoms with Gasteiger partial charge in [-0.2, -0.15) is 4.98 Å². The maximum Gasteiger partial charge on any atom is 0.265 e. The van der Waals surface area contributed by atoms with Gasteiger partial charge in [-0.1, -0.05) is 56.3 Å². The molecule has 8 rings (SSSR count). The van der Waals surface area contributed by atoms with Crippen molar-refractivity contribution in [3.8, 4) is 28.2 Å². The Kier molecular flexibility index (Phi) is 7.42. The number of nitrogens with two attached hydrogens (primary N) is 1. The van der Waals surface area contributed by atoms with Crippen molar-refractivity contribution in [2.75, 3.05) is 18.8 Å². The number of aliphatic hydroxyl groups excluding tert-OH is 1. The first-order chi connectivity index (χ1) is 23.2. The van der Waals surface area contributed by atoms with Gasteiger partial charge < -0.3 is 15.8 Å². The van der Waals surface area contributed by atoms with Crippen LogP contribution in [0.5, 0.6) is 0 Å². The van der Waals surface area contributed by atoms with E-state index in [2.05, 4.69) is 58.0 Å². The van der Waals surface area contributed by atoms with E-state index >= 15 is 4.39 Å². The number of hydrogen-bond acceptors (Lipinski definition) is 6. The van der Waals surface area contributed by atoms with Crippen molar-refractivity contribution in [2.45, 2.75) is 58.6 Å². The zero-order valence-electron chi connectivity index (χ0n) is 27.3. The molecule has 2 fully saturated rings. The largest absolute Gasteiger partial charge is 0.392 e. The highest BCUT2D eigenvalue weighted by atomic mass is 19.1. The highest BCUT2D eigenvalue weighted by Crippen LogP contribution is 2.41. The van der Waals surface area contributed by atoms with E-state index in [1.807, 2.05) is 18.2 Å². The summed E-state index contributed by atoms with van der Waals surface area (Å²) in [5.74, 6) is -0.0767. The van der Waals surface area contributed by atoms with E-state index < -0.39 is 11.4 Å². The van der Waals surface area contributed by atoms with Gasteiger partial charge in [-0.3, -0.25) is 14.3 Å². The Morgan fingerprint density at radius 2 is 1.88 bits per heavy atom. The molecule has 1 aliphatic carbocycles. The number of nitrogen functional groups attached to an aromatic ring is 1. The molecule has 48 heavy (non-hydrogen) atoms. The molecule has 4 N–H and O–H groups in total. The summed E-state index contributed by atoms with van der Waals surface area (Å²) in [4.78, 5) is 28.8. The predicted octanol–water partition coefficient (Wildman–Crippen LogP) is 7.31. The van der Waals surface area contributed by atoms with E-state index in [1.54, 1.807) is 24.4 Å². The first-order valence-corrected chi connectivity index (χ1v) is 16.7. The van der Waals surface area contributed by atoms with Gasteiger partial charge >= 0.3 is 0 Å². The molecule has 0 unspecified atom stereocenters. The molecule has 4 heterocycles. The number of anilines is 1.